The Morgan fingerprint density at radius 2 is 2.00 bits per heavy atom. The van der Waals surface area contributed by atoms with Crippen LogP contribution in [0.1, 0.15) is 37.0 Å². The molecule has 0 atom stereocenters. The van der Waals surface area contributed by atoms with E-state index >= 15 is 0 Å². The van der Waals surface area contributed by atoms with Crippen molar-refractivity contribution in [2.75, 3.05) is 13.7 Å². The molecule has 0 radical (unpaired) electrons. The number of methoxy groups -OCH3 is 1. The number of carbonyl (C=O) groups is 1. The molecule has 3 heteroatoms. The van der Waals surface area contributed by atoms with E-state index in [1.807, 2.05) is 38.1 Å². The van der Waals surface area contributed by atoms with Gasteiger partial charge in [-0.2, -0.15) is 0 Å². The molecule has 0 saturated carbocycles. The van der Waals surface area contributed by atoms with E-state index in [0.29, 0.717) is 24.3 Å². The number of para-hydroxylation sites is 1. The zero-order valence-corrected chi connectivity index (χ0v) is 10.7. The minimum atomic E-state index is 0.0722. The minimum Gasteiger partial charge on any atom is -0.490 e. The molecule has 0 saturated heterocycles. The molecule has 0 aliphatic heterocycles. The molecule has 0 fully saturated rings. The Bertz CT molecular complexity index is 358. The SMILES string of the molecule is COCCCC(=O)c1ccccc1OC(C)C. The monoisotopic (exact) mass is 236 g/mol. The molecule has 17 heavy (non-hydrogen) atoms. The smallest absolute Gasteiger partial charge is 0.166 e. The van der Waals surface area contributed by atoms with Gasteiger partial charge in [0.1, 0.15) is 5.75 Å². The third-order valence-electron chi connectivity index (χ3n) is 2.30. The molecule has 0 heterocycles. The van der Waals surface area contributed by atoms with Gasteiger partial charge in [0, 0.05) is 20.1 Å². The van der Waals surface area contributed by atoms with Crippen molar-refractivity contribution in [2.45, 2.75) is 32.8 Å². The summed E-state index contributed by atoms with van der Waals surface area (Å²) in [5.41, 5.74) is 0.664. The van der Waals surface area contributed by atoms with Gasteiger partial charge in [0.05, 0.1) is 11.7 Å². The molecule has 3 nitrogen and oxygen atoms in total. The standard InChI is InChI=1S/C14H20O3/c1-11(2)17-14-9-5-4-7-12(14)13(15)8-6-10-16-3/h4-5,7,9,11H,6,8,10H2,1-3H3. The number of ether oxygens (including phenoxy) is 2. The molecule has 0 spiro atoms. The maximum atomic E-state index is 12.0. The van der Waals surface area contributed by atoms with Crippen LogP contribution in [0.3, 0.4) is 0 Å². The predicted molar refractivity (Wildman–Crippen MR) is 67.6 cm³/mol. The van der Waals surface area contributed by atoms with Crippen molar-refractivity contribution in [2.24, 2.45) is 0 Å². The first-order valence-corrected chi connectivity index (χ1v) is 5.93. The third-order valence-corrected chi connectivity index (χ3v) is 2.30. The average Bonchev–Trinajstić information content (AvgIpc) is 2.29. The number of benzene rings is 1. The van der Waals surface area contributed by atoms with E-state index in [1.54, 1.807) is 7.11 Å². The number of hydrogen-bond acceptors (Lipinski definition) is 3. The Hall–Kier alpha value is -1.35. The largest absolute Gasteiger partial charge is 0.490 e. The zero-order valence-electron chi connectivity index (χ0n) is 10.7. The lowest BCUT2D eigenvalue weighted by Crippen LogP contribution is -2.10. The van der Waals surface area contributed by atoms with Gasteiger partial charge in [0.25, 0.3) is 0 Å². The van der Waals surface area contributed by atoms with Gasteiger partial charge in [0.15, 0.2) is 5.78 Å². The van der Waals surface area contributed by atoms with Crippen LogP contribution in [0, 0.1) is 0 Å². The van der Waals surface area contributed by atoms with Crippen molar-refractivity contribution in [3.8, 4) is 5.75 Å². The van der Waals surface area contributed by atoms with Crippen LogP contribution in [0.4, 0.5) is 0 Å². The summed E-state index contributed by atoms with van der Waals surface area (Å²) in [7, 11) is 1.64. The van der Waals surface area contributed by atoms with Crippen LogP contribution < -0.4 is 4.74 Å². The maximum absolute atomic E-state index is 12.0. The summed E-state index contributed by atoms with van der Waals surface area (Å²) in [4.78, 5) is 12.0. The highest BCUT2D eigenvalue weighted by Crippen LogP contribution is 2.21. The second-order valence-electron chi connectivity index (χ2n) is 4.18. The second-order valence-corrected chi connectivity index (χ2v) is 4.18. The topological polar surface area (TPSA) is 35.5 Å². The van der Waals surface area contributed by atoms with Gasteiger partial charge in [-0.25, -0.2) is 0 Å². The lowest BCUT2D eigenvalue weighted by atomic mass is 10.1. The molecule has 1 aromatic carbocycles. The molecule has 0 aromatic heterocycles. The van der Waals surface area contributed by atoms with Crippen molar-refractivity contribution in [3.63, 3.8) is 0 Å². The van der Waals surface area contributed by atoms with Crippen molar-refractivity contribution in [1.29, 1.82) is 0 Å². The van der Waals surface area contributed by atoms with E-state index < -0.39 is 0 Å². The van der Waals surface area contributed by atoms with Gasteiger partial charge in [-0.15, -0.1) is 0 Å². The lowest BCUT2D eigenvalue weighted by molar-refractivity contribution is 0.0957. The van der Waals surface area contributed by atoms with E-state index in [4.69, 9.17) is 9.47 Å². The molecule has 0 unspecified atom stereocenters. The third kappa shape index (κ3) is 4.57. The van der Waals surface area contributed by atoms with Crippen molar-refractivity contribution < 1.29 is 14.3 Å². The summed E-state index contributed by atoms with van der Waals surface area (Å²) in [6, 6.07) is 7.39. The fraction of sp³-hybridized carbons (Fsp3) is 0.500. The van der Waals surface area contributed by atoms with E-state index in [0.717, 1.165) is 6.42 Å². The predicted octanol–water partition coefficient (Wildman–Crippen LogP) is 3.08. The zero-order chi connectivity index (χ0) is 12.7. The summed E-state index contributed by atoms with van der Waals surface area (Å²) in [5.74, 6) is 0.781. The number of rotatable bonds is 7. The maximum Gasteiger partial charge on any atom is 0.166 e. The average molecular weight is 236 g/mol. The van der Waals surface area contributed by atoms with Crippen molar-refractivity contribution in [3.05, 3.63) is 29.8 Å². The van der Waals surface area contributed by atoms with Gasteiger partial charge in [-0.05, 0) is 32.4 Å². The number of carbonyl (C=O) groups excluding carboxylic acids is 1. The van der Waals surface area contributed by atoms with E-state index in [-0.39, 0.29) is 11.9 Å². The van der Waals surface area contributed by atoms with Gasteiger partial charge in [-0.3, -0.25) is 4.79 Å². The molecule has 0 amide bonds. The van der Waals surface area contributed by atoms with Gasteiger partial charge in [-0.1, -0.05) is 12.1 Å². The number of ketones is 1. The normalized spacial score (nSPS) is 10.6. The quantitative estimate of drug-likeness (QED) is 0.539. The van der Waals surface area contributed by atoms with Gasteiger partial charge >= 0.3 is 0 Å². The Balaban J connectivity index is 2.71. The summed E-state index contributed by atoms with van der Waals surface area (Å²) in [6.07, 6.45) is 1.31. The Labute approximate surface area is 103 Å². The molecule has 0 N–H and O–H groups in total. The van der Waals surface area contributed by atoms with Crippen LogP contribution in [0.15, 0.2) is 24.3 Å². The summed E-state index contributed by atoms with van der Waals surface area (Å²) in [6.45, 7) is 4.51. The van der Waals surface area contributed by atoms with Gasteiger partial charge in [0.2, 0.25) is 0 Å². The van der Waals surface area contributed by atoms with Crippen molar-refractivity contribution >= 4 is 5.78 Å². The van der Waals surface area contributed by atoms with Gasteiger partial charge < -0.3 is 9.47 Å². The van der Waals surface area contributed by atoms with Crippen LogP contribution in [-0.4, -0.2) is 25.6 Å². The highest BCUT2D eigenvalue weighted by atomic mass is 16.5. The Kier molecular flexibility index (Phi) is 5.70. The van der Waals surface area contributed by atoms with E-state index in [1.165, 1.54) is 0 Å². The van der Waals surface area contributed by atoms with Crippen LogP contribution in [0.5, 0.6) is 5.75 Å². The molecule has 1 rings (SSSR count). The second kappa shape index (κ2) is 7.07. The first-order valence-electron chi connectivity index (χ1n) is 5.93. The van der Waals surface area contributed by atoms with Crippen LogP contribution in [0.2, 0.25) is 0 Å². The first-order chi connectivity index (χ1) is 8.15. The van der Waals surface area contributed by atoms with Crippen LogP contribution in [-0.2, 0) is 4.74 Å². The summed E-state index contributed by atoms with van der Waals surface area (Å²) >= 11 is 0. The molecular weight excluding hydrogens is 216 g/mol. The Morgan fingerprint density at radius 3 is 2.65 bits per heavy atom. The lowest BCUT2D eigenvalue weighted by Gasteiger charge is -2.13. The summed E-state index contributed by atoms with van der Waals surface area (Å²) < 4.78 is 10.6. The van der Waals surface area contributed by atoms with Crippen LogP contribution in [0.25, 0.3) is 0 Å². The molecular formula is C14H20O3. The van der Waals surface area contributed by atoms with E-state index in [9.17, 15) is 4.79 Å². The highest BCUT2D eigenvalue weighted by Gasteiger charge is 2.12. The van der Waals surface area contributed by atoms with Crippen LogP contribution >= 0.6 is 0 Å². The number of Topliss-reactive ketones (excluding diaryl/α,β-unsaturated/α-hetero) is 1. The first kappa shape index (κ1) is 13.7. The number of hydrogen-bond donors (Lipinski definition) is 0. The molecule has 0 aliphatic carbocycles. The molecule has 0 bridgehead atoms. The highest BCUT2D eigenvalue weighted by molar-refractivity contribution is 5.98. The molecule has 1 aromatic rings. The van der Waals surface area contributed by atoms with Crippen molar-refractivity contribution in [1.82, 2.24) is 0 Å². The Morgan fingerprint density at radius 1 is 1.29 bits per heavy atom. The summed E-state index contributed by atoms with van der Waals surface area (Å²) in [5, 5.41) is 0. The minimum absolute atomic E-state index is 0.0722. The fourth-order valence-corrected chi connectivity index (χ4v) is 1.57. The molecule has 0 aliphatic rings. The van der Waals surface area contributed by atoms with E-state index in [2.05, 4.69) is 0 Å². The molecule has 94 valence electrons. The fourth-order valence-electron chi connectivity index (χ4n) is 1.57.